The van der Waals surface area contributed by atoms with Crippen molar-refractivity contribution in [3.8, 4) is 10.6 Å². The molecule has 3 aromatic heterocycles. The smallest absolute Gasteiger partial charge is 0.407 e. The van der Waals surface area contributed by atoms with Crippen molar-refractivity contribution in [3.63, 3.8) is 0 Å². The first-order chi connectivity index (χ1) is 32.3. The first-order valence-corrected chi connectivity index (χ1v) is 23.9. The number of H-pyrrole nitrogens is 2. The van der Waals surface area contributed by atoms with E-state index < -0.39 is 24.3 Å². The number of benzene rings is 3. The highest BCUT2D eigenvalue weighted by molar-refractivity contribution is 7.18. The number of likely N-dealkylation sites (tertiary alicyclic amines) is 2. The molecule has 67 heavy (non-hydrogen) atoms. The molecule has 18 heteroatoms. The number of amides is 4. The Kier molecular flexibility index (Phi) is 12.9. The van der Waals surface area contributed by atoms with Gasteiger partial charge in [0.1, 0.15) is 39.6 Å². The molecule has 0 aliphatic carbocycles. The number of halogens is 1. The predicted molar refractivity (Wildman–Crippen MR) is 253 cm³/mol. The molecule has 6 atom stereocenters. The van der Waals surface area contributed by atoms with Crippen LogP contribution in [0.25, 0.3) is 32.6 Å². The Morgan fingerprint density at radius 3 is 1.61 bits per heavy atom. The topological polar surface area (TPSA) is 191 Å². The number of thiazole rings is 1. The molecule has 352 valence electrons. The van der Waals surface area contributed by atoms with Gasteiger partial charge < -0.3 is 44.8 Å². The lowest BCUT2D eigenvalue weighted by Crippen LogP contribution is -2.51. The minimum atomic E-state index is -0.731. The van der Waals surface area contributed by atoms with Crippen molar-refractivity contribution in [2.24, 2.45) is 11.8 Å². The van der Waals surface area contributed by atoms with Gasteiger partial charge in [0.15, 0.2) is 0 Å². The van der Waals surface area contributed by atoms with E-state index in [2.05, 4.69) is 49.8 Å². The van der Waals surface area contributed by atoms with Crippen molar-refractivity contribution in [3.05, 3.63) is 95.5 Å². The van der Waals surface area contributed by atoms with Gasteiger partial charge in [0.2, 0.25) is 11.8 Å². The first-order valence-electron chi connectivity index (χ1n) is 23.1. The van der Waals surface area contributed by atoms with E-state index in [9.17, 15) is 23.6 Å². The van der Waals surface area contributed by atoms with Crippen molar-refractivity contribution in [2.45, 2.75) is 102 Å². The number of anilines is 1. The summed E-state index contributed by atoms with van der Waals surface area (Å²) < 4.78 is 23.6. The summed E-state index contributed by atoms with van der Waals surface area (Å²) in [6.07, 6.45) is 5.43. The van der Waals surface area contributed by atoms with Crippen molar-refractivity contribution in [1.82, 2.24) is 45.4 Å². The summed E-state index contributed by atoms with van der Waals surface area (Å²) >= 11 is 1.57. The predicted octanol–water partition coefficient (Wildman–Crippen LogP) is 8.87. The summed E-state index contributed by atoms with van der Waals surface area (Å²) in [5.41, 5.74) is 6.36. The molecule has 3 aliphatic heterocycles. The molecule has 3 aliphatic rings. The average Bonchev–Trinajstić information content (AvgIpc) is 4.19. The maximum Gasteiger partial charge on any atom is 0.407 e. The number of nitrogens with one attached hydrogen (secondary N) is 4. The fourth-order valence-electron chi connectivity index (χ4n) is 10.1. The minimum absolute atomic E-state index is 0.0398. The summed E-state index contributed by atoms with van der Waals surface area (Å²) in [6, 6.07) is 17.0. The van der Waals surface area contributed by atoms with Crippen LogP contribution in [0.2, 0.25) is 0 Å². The molecular formula is C49H57FN10O6S. The molecule has 4 amide bonds. The molecule has 4 N–H and O–H groups in total. The van der Waals surface area contributed by atoms with E-state index in [4.69, 9.17) is 24.4 Å². The van der Waals surface area contributed by atoms with Gasteiger partial charge in [-0.3, -0.25) is 9.59 Å². The number of nitrogens with zero attached hydrogens (tertiary/aromatic N) is 6. The highest BCUT2D eigenvalue weighted by atomic mass is 32.1. The van der Waals surface area contributed by atoms with E-state index in [0.29, 0.717) is 24.7 Å². The first kappa shape index (κ1) is 45.6. The fourth-order valence-corrected chi connectivity index (χ4v) is 11.1. The third kappa shape index (κ3) is 9.02. The number of imidazole rings is 2. The van der Waals surface area contributed by atoms with Crippen molar-refractivity contribution < 1.29 is 33.0 Å². The van der Waals surface area contributed by atoms with Gasteiger partial charge in [-0.1, -0.05) is 51.2 Å². The number of hydrogen-bond acceptors (Lipinski definition) is 11. The second-order valence-electron chi connectivity index (χ2n) is 18.4. The molecule has 3 fully saturated rings. The van der Waals surface area contributed by atoms with Gasteiger partial charge in [-0.2, -0.15) is 0 Å². The molecule has 0 radical (unpaired) electrons. The van der Waals surface area contributed by atoms with Crippen molar-refractivity contribution >= 4 is 62.4 Å². The van der Waals surface area contributed by atoms with Crippen LogP contribution >= 0.6 is 11.3 Å². The number of carbonyl (C=O) groups is 4. The van der Waals surface area contributed by atoms with E-state index in [-0.39, 0.29) is 53.6 Å². The van der Waals surface area contributed by atoms with Crippen LogP contribution in [-0.4, -0.2) is 98.1 Å². The van der Waals surface area contributed by atoms with Gasteiger partial charge in [0.05, 0.1) is 66.7 Å². The fraction of sp³-hybridized carbons (Fsp3) is 0.449. The molecule has 0 saturated carbocycles. The SMILES string of the molecule is COC(=O)N[C@H](C(=O)N1CCC[C@H]1c1nc2ccc(C3CC[C@H](c4ccc5nc([C@@H]6CCCN6C(=O)[C@@H](NC(=O)OC)C(C)C)[nH]c5c4)N3c3cnc(-c4ccc(F)cc4)s3)cc2[nH]1)C(C)C. The molecule has 6 heterocycles. The minimum Gasteiger partial charge on any atom is -0.453 e. The molecular weight excluding hydrogens is 876 g/mol. The molecule has 6 aromatic rings. The number of fused-ring (bicyclic) bond motifs is 2. The maximum absolute atomic E-state index is 14.0. The van der Waals surface area contributed by atoms with Crippen LogP contribution in [-0.2, 0) is 19.1 Å². The Labute approximate surface area is 392 Å². The second-order valence-corrected chi connectivity index (χ2v) is 19.4. The number of alkyl carbamates (subject to hydrolysis) is 2. The number of rotatable bonds is 12. The molecule has 1 unspecified atom stereocenters. The molecule has 9 rings (SSSR count). The Morgan fingerprint density at radius 2 is 1.16 bits per heavy atom. The normalized spacial score (nSPS) is 20.6. The summed E-state index contributed by atoms with van der Waals surface area (Å²) in [5.74, 6) is 0.505. The number of methoxy groups -OCH3 is 2. The summed E-state index contributed by atoms with van der Waals surface area (Å²) in [7, 11) is 2.58. The molecule has 0 bridgehead atoms. The standard InChI is InChI=1S/C49H57FN10O6S/c1-26(2)41(56-48(63)65-5)46(61)58-21-7-9-38(58)43-52-32-17-13-29(23-34(32)54-43)36-19-20-37(60(36)40-25-51-45(67-40)28-11-15-31(50)16-12-28)30-14-18-33-35(24-30)55-44(53-33)39-10-8-22-59(39)47(62)42(27(3)4)57-49(64)66-6/h11-18,23-27,36-39,41-42H,7-10,19-22H2,1-6H3,(H,52,54)(H,53,55)(H,56,63)(H,57,64)/t36-,37?,38+,39+,41+,42+/m1/s1. The lowest BCUT2D eigenvalue weighted by Gasteiger charge is -2.31. The van der Waals surface area contributed by atoms with Crippen LogP contribution in [0.1, 0.15) is 113 Å². The Bertz CT molecular complexity index is 2640. The molecule has 0 spiro atoms. The van der Waals surface area contributed by atoms with Crippen molar-refractivity contribution in [2.75, 3.05) is 32.2 Å². The highest BCUT2D eigenvalue weighted by Crippen LogP contribution is 2.50. The summed E-state index contributed by atoms with van der Waals surface area (Å²) in [5, 5.41) is 7.22. The second kappa shape index (κ2) is 19.0. The van der Waals surface area contributed by atoms with Gasteiger partial charge in [0.25, 0.3) is 0 Å². The van der Waals surface area contributed by atoms with E-state index in [0.717, 1.165) is 87.3 Å². The number of carbonyl (C=O) groups excluding carboxylic acids is 4. The maximum atomic E-state index is 14.0. The third-order valence-electron chi connectivity index (χ3n) is 13.5. The zero-order valence-corrected chi connectivity index (χ0v) is 39.4. The van der Waals surface area contributed by atoms with E-state index in [1.54, 1.807) is 23.5 Å². The van der Waals surface area contributed by atoms with Gasteiger partial charge in [0, 0.05) is 18.7 Å². The van der Waals surface area contributed by atoms with Gasteiger partial charge in [-0.25, -0.2) is 28.9 Å². The number of ether oxygens (including phenoxy) is 2. The Balaban J connectivity index is 1.02. The molecule has 3 saturated heterocycles. The zero-order chi connectivity index (χ0) is 47.1. The third-order valence-corrected chi connectivity index (χ3v) is 14.6. The van der Waals surface area contributed by atoms with Crippen LogP contribution in [0.4, 0.5) is 19.0 Å². The number of aromatic amines is 2. The monoisotopic (exact) mass is 932 g/mol. The van der Waals surface area contributed by atoms with Gasteiger partial charge in [-0.15, -0.1) is 0 Å². The lowest BCUT2D eigenvalue weighted by molar-refractivity contribution is -0.136. The van der Waals surface area contributed by atoms with Crippen molar-refractivity contribution in [1.29, 1.82) is 0 Å². The Morgan fingerprint density at radius 1 is 0.687 bits per heavy atom. The largest absolute Gasteiger partial charge is 0.453 e. The Hall–Kier alpha value is -6.56. The average molecular weight is 933 g/mol. The quantitative estimate of drug-likeness (QED) is 0.0922. The van der Waals surface area contributed by atoms with Crippen LogP contribution in [0.3, 0.4) is 0 Å². The zero-order valence-electron chi connectivity index (χ0n) is 38.5. The van der Waals surface area contributed by atoms with Gasteiger partial charge in [-0.05, 0) is 110 Å². The number of aromatic nitrogens is 5. The summed E-state index contributed by atoms with van der Waals surface area (Å²) in [6.45, 7) is 8.72. The summed E-state index contributed by atoms with van der Waals surface area (Å²) in [4.78, 5) is 80.2. The van der Waals surface area contributed by atoms with E-state index in [1.807, 2.05) is 55.8 Å². The van der Waals surface area contributed by atoms with Crippen LogP contribution < -0.4 is 15.5 Å². The van der Waals surface area contributed by atoms with E-state index in [1.165, 1.54) is 26.4 Å². The lowest BCUT2D eigenvalue weighted by atomic mass is 10.0. The molecule has 16 nitrogen and oxygen atoms in total. The van der Waals surface area contributed by atoms with Crippen LogP contribution in [0.5, 0.6) is 0 Å². The molecule has 3 aromatic carbocycles. The number of hydrogen-bond donors (Lipinski definition) is 4. The van der Waals surface area contributed by atoms with Crippen LogP contribution in [0.15, 0.2) is 66.9 Å². The van der Waals surface area contributed by atoms with E-state index >= 15 is 0 Å². The highest BCUT2D eigenvalue weighted by Gasteiger charge is 2.41. The van der Waals surface area contributed by atoms with Crippen LogP contribution in [0, 0.1) is 17.7 Å². The van der Waals surface area contributed by atoms with Gasteiger partial charge >= 0.3 is 12.2 Å².